The highest BCUT2D eigenvalue weighted by atomic mass is 35.5. The van der Waals surface area contributed by atoms with E-state index in [1.54, 1.807) is 11.2 Å². The Morgan fingerprint density at radius 1 is 1.11 bits per heavy atom. The van der Waals surface area contributed by atoms with Gasteiger partial charge in [0, 0.05) is 44.3 Å². The molecule has 10 heteroatoms. The highest BCUT2D eigenvalue weighted by molar-refractivity contribution is 7.89. The lowest BCUT2D eigenvalue weighted by Crippen LogP contribution is -2.61. The maximum Gasteiger partial charge on any atom is 0.255 e. The van der Waals surface area contributed by atoms with Crippen molar-refractivity contribution in [3.05, 3.63) is 29.1 Å². The van der Waals surface area contributed by atoms with Gasteiger partial charge >= 0.3 is 0 Å². The number of sulfonamides is 1. The molecular formula is C25H39ClFN3O4S. The summed E-state index contributed by atoms with van der Waals surface area (Å²) in [5, 5.41) is 3.13. The number of carbonyl (C=O) groups excluding carboxylic acids is 1. The maximum absolute atomic E-state index is 13.8. The van der Waals surface area contributed by atoms with Crippen LogP contribution in [0.4, 0.5) is 4.39 Å². The Labute approximate surface area is 215 Å². The molecule has 2 aliphatic carbocycles. The van der Waals surface area contributed by atoms with Gasteiger partial charge in [0.05, 0.1) is 18.4 Å². The number of aryl methyl sites for hydroxylation is 1. The van der Waals surface area contributed by atoms with Crippen molar-refractivity contribution in [3.8, 4) is 5.75 Å². The summed E-state index contributed by atoms with van der Waals surface area (Å²) in [4.78, 5) is 15.6. The number of hydrogen-bond acceptors (Lipinski definition) is 5. The molecule has 0 atom stereocenters. The third-order valence-corrected chi connectivity index (χ3v) is 9.81. The van der Waals surface area contributed by atoms with E-state index in [0.717, 1.165) is 38.5 Å². The third kappa shape index (κ3) is 6.67. The van der Waals surface area contributed by atoms with Crippen molar-refractivity contribution < 1.29 is 22.3 Å². The van der Waals surface area contributed by atoms with Gasteiger partial charge in [-0.2, -0.15) is 4.31 Å². The molecule has 1 aromatic carbocycles. The summed E-state index contributed by atoms with van der Waals surface area (Å²) in [6, 6.07) is 2.59. The molecule has 1 N–H and O–H groups in total. The van der Waals surface area contributed by atoms with Gasteiger partial charge in [0.2, 0.25) is 10.0 Å². The second kappa shape index (κ2) is 11.8. The lowest BCUT2D eigenvalue weighted by atomic mass is 9.87. The Morgan fingerprint density at radius 3 is 2.31 bits per heavy atom. The smallest absolute Gasteiger partial charge is 0.255 e. The summed E-state index contributed by atoms with van der Waals surface area (Å²) < 4.78 is 46.3. The van der Waals surface area contributed by atoms with Gasteiger partial charge in [-0.25, -0.2) is 12.8 Å². The van der Waals surface area contributed by atoms with E-state index in [0.29, 0.717) is 49.8 Å². The zero-order chi connectivity index (χ0) is 24.3. The van der Waals surface area contributed by atoms with E-state index >= 15 is 0 Å². The first-order valence-electron chi connectivity index (χ1n) is 12.6. The molecule has 35 heavy (non-hydrogen) atoms. The third-order valence-electron chi connectivity index (χ3n) is 7.77. The summed E-state index contributed by atoms with van der Waals surface area (Å²) in [5.74, 6) is 0.176. The summed E-state index contributed by atoms with van der Waals surface area (Å²) in [5.41, 5.74) is 0.710. The molecule has 4 rings (SSSR count). The normalized spacial score (nSPS) is 21.6. The maximum atomic E-state index is 13.8. The Morgan fingerprint density at radius 2 is 1.74 bits per heavy atom. The van der Waals surface area contributed by atoms with Gasteiger partial charge in [-0.15, -0.1) is 12.4 Å². The number of piperazine rings is 1. The first-order valence-corrected chi connectivity index (χ1v) is 14.2. The fraction of sp³-hybridized carbons (Fsp3) is 0.720. The number of nitrogens with one attached hydrogen (secondary N) is 1. The highest BCUT2D eigenvalue weighted by Gasteiger charge is 2.41. The van der Waals surface area contributed by atoms with Gasteiger partial charge in [-0.05, 0) is 50.2 Å². The summed E-state index contributed by atoms with van der Waals surface area (Å²) >= 11 is 0. The van der Waals surface area contributed by atoms with E-state index in [9.17, 15) is 17.6 Å². The first-order chi connectivity index (χ1) is 16.2. The van der Waals surface area contributed by atoms with Gasteiger partial charge < -0.3 is 10.1 Å². The average molecular weight is 532 g/mol. The lowest BCUT2D eigenvalue weighted by molar-refractivity contribution is 0.0391. The molecule has 0 bridgehead atoms. The van der Waals surface area contributed by atoms with Gasteiger partial charge in [0.1, 0.15) is 11.6 Å². The van der Waals surface area contributed by atoms with Crippen molar-refractivity contribution in [2.24, 2.45) is 5.92 Å². The van der Waals surface area contributed by atoms with Crippen molar-refractivity contribution in [1.29, 1.82) is 0 Å². The van der Waals surface area contributed by atoms with Crippen molar-refractivity contribution in [1.82, 2.24) is 14.5 Å². The molecule has 1 heterocycles. The SMILES string of the molecule is COc1cc(F)cc(C)c1C(=O)NCC1(N2CCN(S(=O)(=O)CC3CC3)CC2)CCCCCC1.Cl. The fourth-order valence-corrected chi connectivity index (χ4v) is 7.48. The van der Waals surface area contributed by atoms with Gasteiger partial charge in [-0.1, -0.05) is 25.7 Å². The van der Waals surface area contributed by atoms with E-state index < -0.39 is 15.8 Å². The van der Waals surface area contributed by atoms with Crippen LogP contribution >= 0.6 is 12.4 Å². The molecule has 198 valence electrons. The summed E-state index contributed by atoms with van der Waals surface area (Å²) in [7, 11) is -1.75. The minimum Gasteiger partial charge on any atom is -0.496 e. The number of ether oxygens (including phenoxy) is 1. The molecule has 0 spiro atoms. The Bertz CT molecular complexity index is 987. The first kappa shape index (κ1) is 28.2. The van der Waals surface area contributed by atoms with Crippen LogP contribution < -0.4 is 10.1 Å². The van der Waals surface area contributed by atoms with Crippen LogP contribution in [0.3, 0.4) is 0 Å². The predicted octanol–water partition coefficient (Wildman–Crippen LogP) is 3.74. The van der Waals surface area contributed by atoms with E-state index in [-0.39, 0.29) is 35.4 Å². The molecule has 3 aliphatic rings. The fourth-order valence-electron chi connectivity index (χ4n) is 5.62. The van der Waals surface area contributed by atoms with Crippen LogP contribution in [0, 0.1) is 18.7 Å². The molecule has 1 aromatic rings. The quantitative estimate of drug-likeness (QED) is 0.517. The molecule has 3 fully saturated rings. The molecule has 1 aliphatic heterocycles. The molecule has 1 amide bonds. The van der Waals surface area contributed by atoms with Crippen LogP contribution in [0.15, 0.2) is 12.1 Å². The molecule has 0 radical (unpaired) electrons. The van der Waals surface area contributed by atoms with Gasteiger partial charge in [0.25, 0.3) is 5.91 Å². The molecule has 2 saturated carbocycles. The molecular weight excluding hydrogens is 493 g/mol. The molecule has 0 unspecified atom stereocenters. The standard InChI is InChI=1S/C25H38FN3O4S.ClH/c1-19-15-21(26)16-22(33-2)23(19)24(30)27-18-25(9-5-3-4-6-10-25)28-11-13-29(14-12-28)34(31,32)17-20-7-8-20;/h15-16,20H,3-14,17-18H2,1-2H3,(H,27,30);1H. The minimum atomic E-state index is -3.19. The monoisotopic (exact) mass is 531 g/mol. The van der Waals surface area contributed by atoms with Gasteiger partial charge in [0.15, 0.2) is 0 Å². The van der Waals surface area contributed by atoms with E-state index in [4.69, 9.17) is 4.74 Å². The number of benzene rings is 1. The lowest BCUT2D eigenvalue weighted by Gasteiger charge is -2.47. The number of rotatable bonds is 8. The number of carbonyl (C=O) groups is 1. The second-order valence-electron chi connectivity index (χ2n) is 10.2. The summed E-state index contributed by atoms with van der Waals surface area (Å²) in [6.45, 7) is 4.58. The average Bonchev–Trinajstić information content (AvgIpc) is 3.64. The van der Waals surface area contributed by atoms with Crippen LogP contribution in [-0.4, -0.2) is 74.7 Å². The van der Waals surface area contributed by atoms with Crippen LogP contribution in [0.1, 0.15) is 67.3 Å². The topological polar surface area (TPSA) is 79.0 Å². The van der Waals surface area contributed by atoms with Crippen LogP contribution in [0.2, 0.25) is 0 Å². The van der Waals surface area contributed by atoms with E-state index in [2.05, 4.69) is 10.2 Å². The Hall–Kier alpha value is -1.42. The largest absolute Gasteiger partial charge is 0.496 e. The minimum absolute atomic E-state index is 0. The molecule has 7 nitrogen and oxygen atoms in total. The predicted molar refractivity (Wildman–Crippen MR) is 137 cm³/mol. The van der Waals surface area contributed by atoms with Crippen molar-refractivity contribution in [2.45, 2.75) is 63.8 Å². The van der Waals surface area contributed by atoms with Crippen LogP contribution in [0.25, 0.3) is 0 Å². The summed E-state index contributed by atoms with van der Waals surface area (Å²) in [6.07, 6.45) is 8.54. The zero-order valence-corrected chi connectivity index (χ0v) is 22.5. The van der Waals surface area contributed by atoms with E-state index in [1.165, 1.54) is 32.1 Å². The Kier molecular flexibility index (Phi) is 9.45. The number of amides is 1. The second-order valence-corrected chi connectivity index (χ2v) is 12.2. The van der Waals surface area contributed by atoms with Crippen molar-refractivity contribution in [3.63, 3.8) is 0 Å². The number of hydrogen-bond donors (Lipinski definition) is 1. The zero-order valence-electron chi connectivity index (χ0n) is 20.9. The van der Waals surface area contributed by atoms with Gasteiger partial charge in [-0.3, -0.25) is 9.69 Å². The van der Waals surface area contributed by atoms with E-state index in [1.807, 2.05) is 0 Å². The van der Waals surface area contributed by atoms with Crippen LogP contribution in [-0.2, 0) is 10.0 Å². The van der Waals surface area contributed by atoms with Crippen LogP contribution in [0.5, 0.6) is 5.75 Å². The molecule has 1 saturated heterocycles. The number of methoxy groups -OCH3 is 1. The molecule has 0 aromatic heterocycles. The van der Waals surface area contributed by atoms with Crippen molar-refractivity contribution >= 4 is 28.3 Å². The Balaban J connectivity index is 0.00000342. The highest BCUT2D eigenvalue weighted by Crippen LogP contribution is 2.35. The number of nitrogens with zero attached hydrogens (tertiary/aromatic N) is 2. The van der Waals surface area contributed by atoms with Crippen molar-refractivity contribution in [2.75, 3.05) is 45.6 Å². The number of halogens is 2.